The molecular weight excluding hydrogens is 340 g/mol. The van der Waals surface area contributed by atoms with Gasteiger partial charge in [0, 0.05) is 0 Å². The molecular formula is C23H44O4. The molecule has 0 saturated carbocycles. The Morgan fingerprint density at radius 3 is 1.44 bits per heavy atom. The van der Waals surface area contributed by atoms with Gasteiger partial charge in [-0.05, 0) is 64.2 Å². The lowest BCUT2D eigenvalue weighted by Crippen LogP contribution is -2.29. The number of rotatable bonds is 18. The molecule has 0 spiro atoms. The van der Waals surface area contributed by atoms with Gasteiger partial charge in [-0.25, -0.2) is 0 Å². The first kappa shape index (κ1) is 23.1. The quantitative estimate of drug-likeness (QED) is 0.172. The van der Waals surface area contributed by atoms with Crippen LogP contribution in [0.4, 0.5) is 0 Å². The van der Waals surface area contributed by atoms with Crippen LogP contribution >= 0.6 is 0 Å². The van der Waals surface area contributed by atoms with Gasteiger partial charge < -0.3 is 18.9 Å². The third-order valence-electron chi connectivity index (χ3n) is 5.96. The van der Waals surface area contributed by atoms with Crippen molar-refractivity contribution in [2.75, 3.05) is 26.4 Å². The number of ether oxygens (including phenoxy) is 4. The van der Waals surface area contributed by atoms with Crippen molar-refractivity contribution in [1.82, 2.24) is 0 Å². The molecule has 4 heteroatoms. The van der Waals surface area contributed by atoms with Gasteiger partial charge in [0.25, 0.3) is 0 Å². The summed E-state index contributed by atoms with van der Waals surface area (Å²) in [5, 5.41) is 0. The number of hydrogen-bond acceptors (Lipinski definition) is 4. The maximum absolute atomic E-state index is 6.03. The molecule has 160 valence electrons. The summed E-state index contributed by atoms with van der Waals surface area (Å²) in [5.74, 6) is 0.967. The van der Waals surface area contributed by atoms with Crippen LogP contribution in [0.25, 0.3) is 0 Å². The SMILES string of the molecule is CCCCC(CCCOC(C)(C)OCCCC(CCCC)C1CO1)C1CO1. The van der Waals surface area contributed by atoms with E-state index in [2.05, 4.69) is 13.8 Å². The average molecular weight is 385 g/mol. The Hall–Kier alpha value is -0.160. The summed E-state index contributed by atoms with van der Waals surface area (Å²) >= 11 is 0. The van der Waals surface area contributed by atoms with Crippen LogP contribution in [0.5, 0.6) is 0 Å². The van der Waals surface area contributed by atoms with Gasteiger partial charge in [0.15, 0.2) is 5.79 Å². The van der Waals surface area contributed by atoms with Crippen molar-refractivity contribution >= 4 is 0 Å². The molecule has 0 radical (unpaired) electrons. The summed E-state index contributed by atoms with van der Waals surface area (Å²) in [4.78, 5) is 0. The molecule has 4 atom stereocenters. The van der Waals surface area contributed by atoms with Gasteiger partial charge in [-0.2, -0.15) is 0 Å². The Bertz CT molecular complexity index is 343. The minimum Gasteiger partial charge on any atom is -0.373 e. The lowest BCUT2D eigenvalue weighted by Gasteiger charge is -2.26. The summed E-state index contributed by atoms with van der Waals surface area (Å²) in [6.07, 6.45) is 13.4. The van der Waals surface area contributed by atoms with Crippen LogP contribution in [0.2, 0.25) is 0 Å². The van der Waals surface area contributed by atoms with Gasteiger partial charge in [0.1, 0.15) is 0 Å². The Balaban J connectivity index is 1.52. The molecule has 2 fully saturated rings. The van der Waals surface area contributed by atoms with Crippen LogP contribution in [0, 0.1) is 11.8 Å². The second kappa shape index (κ2) is 12.4. The van der Waals surface area contributed by atoms with Crippen molar-refractivity contribution in [1.29, 1.82) is 0 Å². The van der Waals surface area contributed by atoms with Crippen molar-refractivity contribution in [3.05, 3.63) is 0 Å². The number of hydrogen-bond donors (Lipinski definition) is 0. The Labute approximate surface area is 167 Å². The monoisotopic (exact) mass is 384 g/mol. The molecule has 4 nitrogen and oxygen atoms in total. The van der Waals surface area contributed by atoms with E-state index in [4.69, 9.17) is 18.9 Å². The summed E-state index contributed by atoms with van der Waals surface area (Å²) in [7, 11) is 0. The highest BCUT2D eigenvalue weighted by molar-refractivity contribution is 4.80. The summed E-state index contributed by atoms with van der Waals surface area (Å²) in [6, 6.07) is 0. The van der Waals surface area contributed by atoms with Gasteiger partial charge in [0.2, 0.25) is 0 Å². The maximum Gasteiger partial charge on any atom is 0.162 e. The molecule has 27 heavy (non-hydrogen) atoms. The van der Waals surface area contributed by atoms with E-state index < -0.39 is 5.79 Å². The van der Waals surface area contributed by atoms with Crippen molar-refractivity contribution < 1.29 is 18.9 Å². The largest absolute Gasteiger partial charge is 0.373 e. The second-order valence-corrected chi connectivity index (χ2v) is 8.93. The third-order valence-corrected chi connectivity index (χ3v) is 5.96. The summed E-state index contributed by atoms with van der Waals surface area (Å²) in [5.41, 5.74) is 0. The lowest BCUT2D eigenvalue weighted by atomic mass is 9.94. The van der Waals surface area contributed by atoms with E-state index in [0.29, 0.717) is 12.2 Å². The highest BCUT2D eigenvalue weighted by atomic mass is 16.7. The van der Waals surface area contributed by atoms with E-state index in [1.54, 1.807) is 0 Å². The van der Waals surface area contributed by atoms with Crippen LogP contribution in [0.3, 0.4) is 0 Å². The zero-order valence-electron chi connectivity index (χ0n) is 18.3. The fourth-order valence-electron chi connectivity index (χ4n) is 3.99. The minimum absolute atomic E-state index is 0.482. The Morgan fingerprint density at radius 1 is 0.741 bits per heavy atom. The molecule has 0 N–H and O–H groups in total. The fraction of sp³-hybridized carbons (Fsp3) is 1.00. The Morgan fingerprint density at radius 2 is 1.11 bits per heavy atom. The highest BCUT2D eigenvalue weighted by Crippen LogP contribution is 2.30. The van der Waals surface area contributed by atoms with Gasteiger partial charge in [-0.15, -0.1) is 0 Å². The smallest absolute Gasteiger partial charge is 0.162 e. The molecule has 0 aliphatic carbocycles. The van der Waals surface area contributed by atoms with E-state index in [0.717, 1.165) is 51.1 Å². The Kier molecular flexibility index (Phi) is 10.6. The molecule has 2 rings (SSSR count). The lowest BCUT2D eigenvalue weighted by molar-refractivity contribution is -0.214. The van der Waals surface area contributed by atoms with Crippen molar-refractivity contribution in [3.8, 4) is 0 Å². The number of epoxide rings is 2. The topological polar surface area (TPSA) is 43.5 Å². The summed E-state index contributed by atoms with van der Waals surface area (Å²) in [6.45, 7) is 12.1. The van der Waals surface area contributed by atoms with Crippen molar-refractivity contribution in [3.63, 3.8) is 0 Å². The van der Waals surface area contributed by atoms with E-state index in [1.165, 1.54) is 51.4 Å². The first-order valence-corrected chi connectivity index (χ1v) is 11.6. The molecule has 2 heterocycles. The van der Waals surface area contributed by atoms with Crippen LogP contribution < -0.4 is 0 Å². The normalized spacial score (nSPS) is 24.0. The molecule has 4 unspecified atom stereocenters. The van der Waals surface area contributed by atoms with Gasteiger partial charge in [-0.1, -0.05) is 39.5 Å². The summed E-state index contributed by atoms with van der Waals surface area (Å²) < 4.78 is 23.1. The zero-order valence-corrected chi connectivity index (χ0v) is 18.3. The third kappa shape index (κ3) is 10.3. The standard InChI is InChI=1S/C23H44O4/c1-5-7-11-19(21-17-24-21)13-9-15-26-23(3,4)27-16-10-14-20(12-8-6-2)22-18-25-22/h19-22H,5-18H2,1-4H3. The molecule has 0 aromatic rings. The van der Waals surface area contributed by atoms with Crippen molar-refractivity contribution in [2.45, 2.75) is 110 Å². The molecule has 0 aromatic heterocycles. The molecule has 0 bridgehead atoms. The highest BCUT2D eigenvalue weighted by Gasteiger charge is 2.32. The molecule has 0 amide bonds. The predicted molar refractivity (Wildman–Crippen MR) is 110 cm³/mol. The second-order valence-electron chi connectivity index (χ2n) is 8.93. The maximum atomic E-state index is 6.03. The van der Waals surface area contributed by atoms with Gasteiger partial charge in [0.05, 0.1) is 38.6 Å². The van der Waals surface area contributed by atoms with E-state index in [9.17, 15) is 0 Å². The van der Waals surface area contributed by atoms with Gasteiger partial charge in [-0.3, -0.25) is 0 Å². The first-order chi connectivity index (χ1) is 13.1. The van der Waals surface area contributed by atoms with E-state index in [-0.39, 0.29) is 0 Å². The van der Waals surface area contributed by atoms with Crippen molar-refractivity contribution in [2.24, 2.45) is 11.8 Å². The molecule has 0 aromatic carbocycles. The van der Waals surface area contributed by atoms with Crippen LogP contribution in [0.1, 0.15) is 91.9 Å². The molecule has 2 saturated heterocycles. The van der Waals surface area contributed by atoms with Crippen LogP contribution in [-0.2, 0) is 18.9 Å². The average Bonchev–Trinajstić information content (AvgIpc) is 3.53. The van der Waals surface area contributed by atoms with Crippen LogP contribution in [0.15, 0.2) is 0 Å². The van der Waals surface area contributed by atoms with Gasteiger partial charge >= 0.3 is 0 Å². The van der Waals surface area contributed by atoms with Crippen LogP contribution in [-0.4, -0.2) is 44.4 Å². The zero-order chi connectivity index (χ0) is 19.5. The fourth-order valence-corrected chi connectivity index (χ4v) is 3.99. The molecule has 2 aliphatic heterocycles. The van der Waals surface area contributed by atoms with E-state index >= 15 is 0 Å². The van der Waals surface area contributed by atoms with E-state index in [1.807, 2.05) is 13.8 Å². The molecule has 2 aliphatic rings. The first-order valence-electron chi connectivity index (χ1n) is 11.6. The number of unbranched alkanes of at least 4 members (excludes halogenated alkanes) is 2. The predicted octanol–water partition coefficient (Wildman–Crippen LogP) is 5.73. The minimum atomic E-state index is -0.482.